The summed E-state index contributed by atoms with van der Waals surface area (Å²) in [5, 5.41) is 26.2. The van der Waals surface area contributed by atoms with Crippen molar-refractivity contribution in [1.82, 2.24) is 15.0 Å². The quantitative estimate of drug-likeness (QED) is 0.770. The predicted molar refractivity (Wildman–Crippen MR) is 75.8 cm³/mol. The number of aliphatic hydroxyl groups is 2. The van der Waals surface area contributed by atoms with Gasteiger partial charge in [-0.25, -0.2) is 4.68 Å². The second-order valence-electron chi connectivity index (χ2n) is 4.62. The van der Waals surface area contributed by atoms with Crippen molar-refractivity contribution in [3.8, 4) is 17.0 Å². The molecule has 0 aliphatic heterocycles. The molecule has 0 fully saturated rings. The molecule has 21 heavy (non-hydrogen) atoms. The Morgan fingerprint density at radius 1 is 1.33 bits per heavy atom. The van der Waals surface area contributed by atoms with Gasteiger partial charge in [-0.2, -0.15) is 0 Å². The monoisotopic (exact) mass is 293 g/mol. The Morgan fingerprint density at radius 2 is 2.14 bits per heavy atom. The SMILES string of the molecule is COCc1cc(-c2cn(C[C@H](O)CO)nn2)ccc1OC. The maximum Gasteiger partial charge on any atom is 0.124 e. The molecule has 1 heterocycles. The standard InChI is InChI=1S/C14H19N3O4/c1-20-9-11-5-10(3-4-14(11)21-2)13-7-17(16-15-13)6-12(19)8-18/h3-5,7,12,18-19H,6,8-9H2,1-2H3/t12-/m0/s1. The summed E-state index contributed by atoms with van der Waals surface area (Å²) in [6.45, 7) is 0.328. The lowest BCUT2D eigenvalue weighted by molar-refractivity contribution is 0.0778. The smallest absolute Gasteiger partial charge is 0.124 e. The van der Waals surface area contributed by atoms with Crippen molar-refractivity contribution in [2.75, 3.05) is 20.8 Å². The van der Waals surface area contributed by atoms with Crippen LogP contribution in [0.3, 0.4) is 0 Å². The Labute approximate surface area is 122 Å². The lowest BCUT2D eigenvalue weighted by Crippen LogP contribution is -2.20. The summed E-state index contributed by atoms with van der Waals surface area (Å²) in [5.41, 5.74) is 2.48. The first-order valence-corrected chi connectivity index (χ1v) is 6.53. The van der Waals surface area contributed by atoms with E-state index in [-0.39, 0.29) is 13.2 Å². The molecule has 0 saturated carbocycles. The highest BCUT2D eigenvalue weighted by molar-refractivity contribution is 5.61. The van der Waals surface area contributed by atoms with Gasteiger partial charge in [0.1, 0.15) is 11.4 Å². The predicted octanol–water partition coefficient (Wildman–Crippen LogP) is 0.453. The van der Waals surface area contributed by atoms with Crippen LogP contribution in [0.15, 0.2) is 24.4 Å². The van der Waals surface area contributed by atoms with Gasteiger partial charge in [-0.05, 0) is 18.2 Å². The Hall–Kier alpha value is -1.96. The average molecular weight is 293 g/mol. The number of methoxy groups -OCH3 is 2. The van der Waals surface area contributed by atoms with Gasteiger partial charge in [0.15, 0.2) is 0 Å². The number of benzene rings is 1. The fraction of sp³-hybridized carbons (Fsp3) is 0.429. The van der Waals surface area contributed by atoms with E-state index in [0.29, 0.717) is 12.3 Å². The summed E-state index contributed by atoms with van der Waals surface area (Å²) < 4.78 is 11.9. The van der Waals surface area contributed by atoms with Gasteiger partial charge >= 0.3 is 0 Å². The third kappa shape index (κ3) is 3.78. The maximum absolute atomic E-state index is 9.40. The van der Waals surface area contributed by atoms with Gasteiger partial charge in [0.2, 0.25) is 0 Å². The molecule has 114 valence electrons. The fourth-order valence-electron chi connectivity index (χ4n) is 2.00. The van der Waals surface area contributed by atoms with Gasteiger partial charge in [-0.1, -0.05) is 5.21 Å². The van der Waals surface area contributed by atoms with E-state index in [1.165, 1.54) is 4.68 Å². The number of aliphatic hydroxyl groups excluding tert-OH is 2. The van der Waals surface area contributed by atoms with Gasteiger partial charge in [-0.3, -0.25) is 0 Å². The van der Waals surface area contributed by atoms with E-state index in [2.05, 4.69) is 10.3 Å². The largest absolute Gasteiger partial charge is 0.496 e. The van der Waals surface area contributed by atoms with E-state index in [1.807, 2.05) is 18.2 Å². The molecule has 0 saturated heterocycles. The highest BCUT2D eigenvalue weighted by Gasteiger charge is 2.10. The molecule has 0 aliphatic rings. The van der Waals surface area contributed by atoms with Crippen molar-refractivity contribution in [3.05, 3.63) is 30.0 Å². The fourth-order valence-corrected chi connectivity index (χ4v) is 2.00. The first kappa shape index (κ1) is 15.4. The Balaban J connectivity index is 2.23. The molecule has 1 aromatic carbocycles. The van der Waals surface area contributed by atoms with Gasteiger partial charge in [0.05, 0.1) is 39.2 Å². The number of ether oxygens (including phenoxy) is 2. The zero-order chi connectivity index (χ0) is 15.2. The van der Waals surface area contributed by atoms with Crippen molar-refractivity contribution in [2.45, 2.75) is 19.3 Å². The number of nitrogens with zero attached hydrogens (tertiary/aromatic N) is 3. The molecule has 1 aromatic heterocycles. The Bertz CT molecular complexity index is 585. The molecule has 7 nitrogen and oxygen atoms in total. The van der Waals surface area contributed by atoms with Crippen LogP contribution in [0, 0.1) is 0 Å². The lowest BCUT2D eigenvalue weighted by Gasteiger charge is -2.09. The summed E-state index contributed by atoms with van der Waals surface area (Å²) >= 11 is 0. The van der Waals surface area contributed by atoms with Crippen molar-refractivity contribution in [1.29, 1.82) is 0 Å². The average Bonchev–Trinajstić information content (AvgIpc) is 2.96. The van der Waals surface area contributed by atoms with Crippen molar-refractivity contribution < 1.29 is 19.7 Å². The topological polar surface area (TPSA) is 89.6 Å². The summed E-state index contributed by atoms with van der Waals surface area (Å²) in [7, 11) is 3.24. The van der Waals surface area contributed by atoms with Crippen LogP contribution in [-0.2, 0) is 17.9 Å². The minimum atomic E-state index is -0.848. The molecule has 0 amide bonds. The zero-order valence-electron chi connectivity index (χ0n) is 12.1. The molecule has 2 rings (SSSR count). The van der Waals surface area contributed by atoms with Gasteiger partial charge < -0.3 is 19.7 Å². The van der Waals surface area contributed by atoms with Crippen molar-refractivity contribution in [3.63, 3.8) is 0 Å². The number of rotatable bonds is 7. The summed E-state index contributed by atoms with van der Waals surface area (Å²) in [6, 6.07) is 5.67. The van der Waals surface area contributed by atoms with Gasteiger partial charge in [0.25, 0.3) is 0 Å². The van der Waals surface area contributed by atoms with E-state index >= 15 is 0 Å². The molecule has 0 spiro atoms. The molecule has 0 bridgehead atoms. The molecule has 1 atom stereocenters. The van der Waals surface area contributed by atoms with Crippen molar-refractivity contribution in [2.24, 2.45) is 0 Å². The van der Waals surface area contributed by atoms with Crippen LogP contribution in [0.25, 0.3) is 11.3 Å². The van der Waals surface area contributed by atoms with Crippen molar-refractivity contribution >= 4 is 0 Å². The molecule has 0 radical (unpaired) electrons. The van der Waals surface area contributed by atoms with E-state index < -0.39 is 6.10 Å². The second kappa shape index (κ2) is 7.16. The molecule has 0 unspecified atom stereocenters. The summed E-state index contributed by atoms with van der Waals surface area (Å²) in [6.07, 6.45) is 0.872. The Morgan fingerprint density at radius 3 is 2.81 bits per heavy atom. The molecular weight excluding hydrogens is 274 g/mol. The lowest BCUT2D eigenvalue weighted by atomic mass is 10.1. The highest BCUT2D eigenvalue weighted by Crippen LogP contribution is 2.25. The first-order chi connectivity index (χ1) is 10.2. The normalized spacial score (nSPS) is 12.4. The first-order valence-electron chi connectivity index (χ1n) is 6.53. The van der Waals surface area contributed by atoms with E-state index in [0.717, 1.165) is 16.9 Å². The minimum absolute atomic E-state index is 0.199. The van der Waals surface area contributed by atoms with Crippen LogP contribution < -0.4 is 4.74 Å². The summed E-state index contributed by atoms with van der Waals surface area (Å²) in [4.78, 5) is 0. The third-order valence-corrected chi connectivity index (χ3v) is 3.02. The third-order valence-electron chi connectivity index (χ3n) is 3.02. The molecular formula is C14H19N3O4. The van der Waals surface area contributed by atoms with Crippen LogP contribution in [0.1, 0.15) is 5.56 Å². The van der Waals surface area contributed by atoms with Gasteiger partial charge in [-0.15, -0.1) is 5.10 Å². The molecule has 0 aliphatic carbocycles. The number of hydrogen-bond donors (Lipinski definition) is 2. The highest BCUT2D eigenvalue weighted by atomic mass is 16.5. The number of hydrogen-bond acceptors (Lipinski definition) is 6. The molecule has 2 N–H and O–H groups in total. The van der Waals surface area contributed by atoms with Crippen LogP contribution in [0.4, 0.5) is 0 Å². The summed E-state index contributed by atoms with van der Waals surface area (Å²) in [5.74, 6) is 0.753. The van der Waals surface area contributed by atoms with Crippen LogP contribution in [-0.4, -0.2) is 52.1 Å². The molecule has 7 heteroatoms. The second-order valence-corrected chi connectivity index (χ2v) is 4.62. The van der Waals surface area contributed by atoms with E-state index in [4.69, 9.17) is 14.6 Å². The Kier molecular flexibility index (Phi) is 5.26. The number of aromatic nitrogens is 3. The maximum atomic E-state index is 9.40. The van der Waals surface area contributed by atoms with Gasteiger partial charge in [0, 0.05) is 18.2 Å². The van der Waals surface area contributed by atoms with Crippen LogP contribution >= 0.6 is 0 Å². The molecule has 2 aromatic rings. The minimum Gasteiger partial charge on any atom is -0.496 e. The van der Waals surface area contributed by atoms with E-state index in [9.17, 15) is 5.11 Å². The van der Waals surface area contributed by atoms with E-state index in [1.54, 1.807) is 20.4 Å². The van der Waals surface area contributed by atoms with Crippen LogP contribution in [0.2, 0.25) is 0 Å². The zero-order valence-corrected chi connectivity index (χ0v) is 12.1. The van der Waals surface area contributed by atoms with Crippen LogP contribution in [0.5, 0.6) is 5.75 Å².